The first-order valence-electron chi connectivity index (χ1n) is 8.48. The lowest BCUT2D eigenvalue weighted by Gasteiger charge is -2.07. The molecule has 0 saturated heterocycles. The molecule has 4 rings (SSSR count). The van der Waals surface area contributed by atoms with E-state index in [0.717, 1.165) is 18.5 Å². The van der Waals surface area contributed by atoms with E-state index in [9.17, 15) is 0 Å². The highest BCUT2D eigenvalue weighted by Gasteiger charge is 2.14. The number of benzene rings is 2. The van der Waals surface area contributed by atoms with Crippen LogP contribution in [0, 0.1) is 0 Å². The van der Waals surface area contributed by atoms with Crippen LogP contribution in [0.15, 0.2) is 42.7 Å². The number of aryl methyl sites for hydroxylation is 2. The van der Waals surface area contributed by atoms with E-state index in [1.165, 1.54) is 45.7 Å². The van der Waals surface area contributed by atoms with Gasteiger partial charge in [-0.15, -0.1) is 0 Å². The van der Waals surface area contributed by atoms with Crippen LogP contribution in [0.5, 0.6) is 0 Å². The van der Waals surface area contributed by atoms with Crippen molar-refractivity contribution in [2.24, 2.45) is 0 Å². The van der Waals surface area contributed by atoms with Gasteiger partial charge in [0.25, 0.3) is 0 Å². The van der Waals surface area contributed by atoms with Gasteiger partial charge in [-0.25, -0.2) is 9.97 Å². The molecule has 4 aromatic rings. The fraction of sp³-hybridized carbons (Fsp3) is 0.300. The highest BCUT2D eigenvalue weighted by molar-refractivity contribution is 6.19. The van der Waals surface area contributed by atoms with Crippen molar-refractivity contribution in [1.29, 1.82) is 0 Å². The Kier molecular flexibility index (Phi) is 3.49. The summed E-state index contributed by atoms with van der Waals surface area (Å²) in [5.74, 6) is 0. The zero-order valence-corrected chi connectivity index (χ0v) is 13.7. The van der Waals surface area contributed by atoms with Gasteiger partial charge in [-0.1, -0.05) is 31.5 Å². The molecule has 23 heavy (non-hydrogen) atoms. The summed E-state index contributed by atoms with van der Waals surface area (Å²) in [5.41, 5.74) is 4.81. The predicted octanol–water partition coefficient (Wildman–Crippen LogP) is 5.10. The van der Waals surface area contributed by atoms with Crippen LogP contribution in [-0.4, -0.2) is 14.5 Å². The molecule has 0 radical (unpaired) electrons. The summed E-state index contributed by atoms with van der Waals surface area (Å²) in [6.45, 7) is 5.38. The first-order valence-corrected chi connectivity index (χ1v) is 8.48. The van der Waals surface area contributed by atoms with Gasteiger partial charge in [-0.2, -0.15) is 0 Å². The van der Waals surface area contributed by atoms with Crippen LogP contribution in [0.4, 0.5) is 0 Å². The van der Waals surface area contributed by atoms with Crippen molar-refractivity contribution >= 4 is 32.7 Å². The fourth-order valence-corrected chi connectivity index (χ4v) is 3.60. The molecule has 0 aliphatic rings. The Morgan fingerprint density at radius 3 is 2.61 bits per heavy atom. The van der Waals surface area contributed by atoms with Gasteiger partial charge in [0.15, 0.2) is 0 Å². The van der Waals surface area contributed by atoms with Crippen molar-refractivity contribution in [3.8, 4) is 0 Å². The summed E-state index contributed by atoms with van der Waals surface area (Å²) < 4.78 is 2.37. The first-order chi connectivity index (χ1) is 11.3. The van der Waals surface area contributed by atoms with Crippen molar-refractivity contribution < 1.29 is 0 Å². The van der Waals surface area contributed by atoms with Crippen LogP contribution in [0.1, 0.15) is 32.4 Å². The maximum Gasteiger partial charge on any atom is 0.116 e. The van der Waals surface area contributed by atoms with Gasteiger partial charge in [-0.05, 0) is 38.0 Å². The molecule has 3 nitrogen and oxygen atoms in total. The molecule has 0 amide bonds. The number of nitrogens with zero attached hydrogens (tertiary/aromatic N) is 3. The molecule has 3 heteroatoms. The Balaban J connectivity index is 2.12. The maximum atomic E-state index is 4.65. The minimum absolute atomic E-state index is 0.962. The van der Waals surface area contributed by atoms with Gasteiger partial charge in [0.2, 0.25) is 0 Å². The summed E-state index contributed by atoms with van der Waals surface area (Å²) in [5, 5.41) is 3.75. The zero-order valence-electron chi connectivity index (χ0n) is 13.7. The van der Waals surface area contributed by atoms with Gasteiger partial charge in [0.1, 0.15) is 6.33 Å². The number of para-hydroxylation sites is 1. The molecular weight excluding hydrogens is 282 g/mol. The molecule has 2 heterocycles. The number of aromatic nitrogens is 3. The quantitative estimate of drug-likeness (QED) is 0.525. The molecule has 0 bridgehead atoms. The van der Waals surface area contributed by atoms with Crippen molar-refractivity contribution in [2.75, 3.05) is 0 Å². The van der Waals surface area contributed by atoms with Crippen LogP contribution in [-0.2, 0) is 13.0 Å². The topological polar surface area (TPSA) is 30.7 Å². The van der Waals surface area contributed by atoms with E-state index in [-0.39, 0.29) is 0 Å². The molecule has 116 valence electrons. The normalized spacial score (nSPS) is 11.7. The largest absolute Gasteiger partial charge is 0.341 e. The third-order valence-corrected chi connectivity index (χ3v) is 4.71. The Morgan fingerprint density at radius 2 is 1.78 bits per heavy atom. The van der Waals surface area contributed by atoms with Crippen molar-refractivity contribution in [1.82, 2.24) is 14.5 Å². The van der Waals surface area contributed by atoms with E-state index in [1.54, 1.807) is 6.33 Å². The van der Waals surface area contributed by atoms with E-state index >= 15 is 0 Å². The minimum Gasteiger partial charge on any atom is -0.341 e. The number of hydrogen-bond donors (Lipinski definition) is 0. The van der Waals surface area contributed by atoms with Crippen molar-refractivity contribution in [3.05, 3.63) is 48.4 Å². The van der Waals surface area contributed by atoms with Crippen LogP contribution in [0.2, 0.25) is 0 Å². The van der Waals surface area contributed by atoms with Gasteiger partial charge >= 0.3 is 0 Å². The van der Waals surface area contributed by atoms with Gasteiger partial charge in [-0.3, -0.25) is 0 Å². The van der Waals surface area contributed by atoms with Gasteiger partial charge in [0, 0.05) is 28.2 Å². The second kappa shape index (κ2) is 5.65. The monoisotopic (exact) mass is 303 g/mol. The number of hydrogen-bond acceptors (Lipinski definition) is 2. The van der Waals surface area contributed by atoms with Gasteiger partial charge < -0.3 is 4.57 Å². The van der Waals surface area contributed by atoms with Crippen LogP contribution in [0.3, 0.4) is 0 Å². The summed E-state index contributed by atoms with van der Waals surface area (Å²) >= 11 is 0. The summed E-state index contributed by atoms with van der Waals surface area (Å²) in [6, 6.07) is 13.1. The van der Waals surface area contributed by atoms with Crippen LogP contribution >= 0.6 is 0 Å². The highest BCUT2D eigenvalue weighted by atomic mass is 15.0. The highest BCUT2D eigenvalue weighted by Crippen LogP contribution is 2.34. The second-order valence-electron chi connectivity index (χ2n) is 6.04. The molecular formula is C20H21N3. The Labute approximate surface area is 136 Å². The Morgan fingerprint density at radius 1 is 0.913 bits per heavy atom. The summed E-state index contributed by atoms with van der Waals surface area (Å²) in [7, 11) is 0. The summed E-state index contributed by atoms with van der Waals surface area (Å²) in [4.78, 5) is 9.19. The molecule has 2 aromatic heterocycles. The molecule has 0 saturated carbocycles. The summed E-state index contributed by atoms with van der Waals surface area (Å²) in [6.07, 6.45) is 5.10. The van der Waals surface area contributed by atoms with E-state index in [4.69, 9.17) is 0 Å². The standard InChI is InChI=1S/C20H21N3/c1-3-5-9-16-14-11-12-18-19(20(14)22-13-21-16)15-8-6-7-10-17(15)23(18)4-2/h6-8,10-13H,3-5,9H2,1-2H3. The first kappa shape index (κ1) is 14.2. The smallest absolute Gasteiger partial charge is 0.116 e. The lowest BCUT2D eigenvalue weighted by molar-refractivity contribution is 0.780. The Hall–Kier alpha value is -2.42. The third kappa shape index (κ3) is 2.11. The van der Waals surface area contributed by atoms with E-state index in [0.29, 0.717) is 0 Å². The molecule has 0 aliphatic heterocycles. The third-order valence-electron chi connectivity index (χ3n) is 4.71. The zero-order chi connectivity index (χ0) is 15.8. The van der Waals surface area contributed by atoms with E-state index in [2.05, 4.69) is 64.8 Å². The number of unbranched alkanes of at least 4 members (excludes halogenated alkanes) is 1. The molecule has 0 aliphatic carbocycles. The van der Waals surface area contributed by atoms with Crippen molar-refractivity contribution in [2.45, 2.75) is 39.7 Å². The molecule has 0 atom stereocenters. The van der Waals surface area contributed by atoms with Crippen LogP contribution in [0.25, 0.3) is 32.7 Å². The lowest BCUT2D eigenvalue weighted by atomic mass is 10.0. The maximum absolute atomic E-state index is 4.65. The molecule has 0 spiro atoms. The van der Waals surface area contributed by atoms with Crippen molar-refractivity contribution in [3.63, 3.8) is 0 Å². The Bertz CT molecular complexity index is 998. The fourth-order valence-electron chi connectivity index (χ4n) is 3.60. The van der Waals surface area contributed by atoms with Gasteiger partial charge in [0.05, 0.1) is 16.7 Å². The molecule has 0 fully saturated rings. The van der Waals surface area contributed by atoms with Crippen LogP contribution < -0.4 is 0 Å². The number of fused-ring (bicyclic) bond motifs is 5. The average molecular weight is 303 g/mol. The SMILES string of the molecule is CCCCc1ncnc2c1ccc1c2c2ccccc2n1CC. The van der Waals surface area contributed by atoms with E-state index in [1.807, 2.05) is 0 Å². The second-order valence-corrected chi connectivity index (χ2v) is 6.04. The lowest BCUT2D eigenvalue weighted by Crippen LogP contribution is -1.96. The molecule has 0 N–H and O–H groups in total. The van der Waals surface area contributed by atoms with E-state index < -0.39 is 0 Å². The minimum atomic E-state index is 0.962. The number of rotatable bonds is 4. The average Bonchev–Trinajstić information content (AvgIpc) is 2.93. The molecule has 0 unspecified atom stereocenters. The molecule has 2 aromatic carbocycles. The predicted molar refractivity (Wildman–Crippen MR) is 96.8 cm³/mol.